The van der Waals surface area contributed by atoms with Gasteiger partial charge in [-0.1, -0.05) is 32.9 Å². The van der Waals surface area contributed by atoms with Gasteiger partial charge in [-0.2, -0.15) is 0 Å². The summed E-state index contributed by atoms with van der Waals surface area (Å²) in [5.41, 5.74) is 5.36. The minimum absolute atomic E-state index is 0.214. The first-order chi connectivity index (χ1) is 8.35. The van der Waals surface area contributed by atoms with Crippen LogP contribution in [0.25, 0.3) is 0 Å². The molecule has 108 valence electrons. The highest BCUT2D eigenvalue weighted by Gasteiger charge is 2.23. The Morgan fingerprint density at radius 1 is 1.39 bits per heavy atom. The van der Waals surface area contributed by atoms with Crippen molar-refractivity contribution in [2.75, 3.05) is 13.2 Å². The van der Waals surface area contributed by atoms with E-state index in [9.17, 15) is 0 Å². The zero-order valence-electron chi connectivity index (χ0n) is 12.1. The lowest BCUT2D eigenvalue weighted by molar-refractivity contribution is 0.243. The van der Waals surface area contributed by atoms with Gasteiger partial charge in [0.25, 0.3) is 0 Å². The second-order valence-corrected chi connectivity index (χ2v) is 5.79. The summed E-state index contributed by atoms with van der Waals surface area (Å²) in [5, 5.41) is 24.2. The minimum Gasteiger partial charge on any atom is -0.409 e. The van der Waals surface area contributed by atoms with Crippen molar-refractivity contribution in [2.45, 2.75) is 53.0 Å². The molecular formula is C13H29N3O2. The molecule has 0 aromatic rings. The van der Waals surface area contributed by atoms with Crippen LogP contribution in [0, 0.1) is 11.3 Å². The second kappa shape index (κ2) is 8.32. The van der Waals surface area contributed by atoms with E-state index in [2.05, 4.69) is 24.3 Å². The van der Waals surface area contributed by atoms with E-state index in [1.807, 2.05) is 13.8 Å². The molecule has 5 heteroatoms. The number of rotatable bonds is 9. The van der Waals surface area contributed by atoms with Crippen LogP contribution in [0.1, 0.15) is 47.0 Å². The average Bonchev–Trinajstić information content (AvgIpc) is 2.31. The Labute approximate surface area is 110 Å². The van der Waals surface area contributed by atoms with E-state index in [4.69, 9.17) is 16.0 Å². The quantitative estimate of drug-likeness (QED) is 0.166. The molecule has 0 saturated heterocycles. The number of oxime groups is 1. The molecule has 0 saturated carbocycles. The maximum absolute atomic E-state index is 8.98. The predicted molar refractivity (Wildman–Crippen MR) is 74.8 cm³/mol. The largest absolute Gasteiger partial charge is 0.409 e. The smallest absolute Gasteiger partial charge is 0.144 e. The highest BCUT2D eigenvalue weighted by atomic mass is 16.4. The summed E-state index contributed by atoms with van der Waals surface area (Å²) >= 11 is 0. The number of hydrogen-bond acceptors (Lipinski definition) is 4. The topological polar surface area (TPSA) is 90.9 Å². The molecule has 0 aliphatic carbocycles. The normalized spacial score (nSPS) is 15.1. The Hall–Kier alpha value is -0.810. The van der Waals surface area contributed by atoms with Gasteiger partial charge in [0.2, 0.25) is 0 Å². The van der Waals surface area contributed by atoms with Gasteiger partial charge < -0.3 is 21.4 Å². The molecule has 0 amide bonds. The van der Waals surface area contributed by atoms with Crippen LogP contribution in [0.5, 0.6) is 0 Å². The van der Waals surface area contributed by atoms with E-state index in [-0.39, 0.29) is 17.9 Å². The van der Waals surface area contributed by atoms with Gasteiger partial charge in [-0.25, -0.2) is 0 Å². The van der Waals surface area contributed by atoms with Crippen LogP contribution in [0.4, 0.5) is 0 Å². The number of nitrogens with two attached hydrogens (primary N) is 1. The lowest BCUT2D eigenvalue weighted by Crippen LogP contribution is -2.37. The Bertz CT molecular complexity index is 253. The van der Waals surface area contributed by atoms with Crippen LogP contribution in [-0.2, 0) is 0 Å². The van der Waals surface area contributed by atoms with Gasteiger partial charge in [0.1, 0.15) is 5.84 Å². The fraction of sp³-hybridized carbons (Fsp3) is 0.923. The SMILES string of the molecule is CC(C)C(CCO)NCCCC(C)(C)C(N)=NO. The van der Waals surface area contributed by atoms with Crippen molar-refractivity contribution < 1.29 is 10.3 Å². The number of nitrogens with one attached hydrogen (secondary N) is 1. The zero-order chi connectivity index (χ0) is 14.2. The molecule has 0 spiro atoms. The van der Waals surface area contributed by atoms with Gasteiger partial charge in [0, 0.05) is 18.1 Å². The first-order valence-electron chi connectivity index (χ1n) is 6.67. The van der Waals surface area contributed by atoms with Gasteiger partial charge in [-0.3, -0.25) is 0 Å². The molecule has 0 radical (unpaired) electrons. The maximum Gasteiger partial charge on any atom is 0.144 e. The highest BCUT2D eigenvalue weighted by molar-refractivity contribution is 5.85. The van der Waals surface area contributed by atoms with Crippen molar-refractivity contribution in [3.63, 3.8) is 0 Å². The fourth-order valence-corrected chi connectivity index (χ4v) is 1.89. The van der Waals surface area contributed by atoms with Crippen molar-refractivity contribution in [1.82, 2.24) is 5.32 Å². The summed E-state index contributed by atoms with van der Waals surface area (Å²) in [4.78, 5) is 0. The molecule has 0 aliphatic heterocycles. The first-order valence-corrected chi connectivity index (χ1v) is 6.67. The summed E-state index contributed by atoms with van der Waals surface area (Å²) < 4.78 is 0. The monoisotopic (exact) mass is 259 g/mol. The number of hydrogen-bond donors (Lipinski definition) is 4. The third-order valence-corrected chi connectivity index (χ3v) is 3.43. The van der Waals surface area contributed by atoms with E-state index in [1.165, 1.54) is 0 Å². The van der Waals surface area contributed by atoms with Crippen LogP contribution in [0.2, 0.25) is 0 Å². The molecule has 0 aromatic carbocycles. The van der Waals surface area contributed by atoms with Crippen molar-refractivity contribution in [1.29, 1.82) is 0 Å². The van der Waals surface area contributed by atoms with Crippen molar-refractivity contribution >= 4 is 5.84 Å². The van der Waals surface area contributed by atoms with Gasteiger partial charge in [0.15, 0.2) is 0 Å². The van der Waals surface area contributed by atoms with Crippen molar-refractivity contribution in [3.8, 4) is 0 Å². The molecule has 5 N–H and O–H groups in total. The van der Waals surface area contributed by atoms with Crippen LogP contribution >= 0.6 is 0 Å². The molecule has 1 atom stereocenters. The van der Waals surface area contributed by atoms with Crippen molar-refractivity contribution in [2.24, 2.45) is 22.2 Å². The molecule has 0 fully saturated rings. The van der Waals surface area contributed by atoms with E-state index >= 15 is 0 Å². The summed E-state index contributed by atoms with van der Waals surface area (Å²) in [6.45, 7) is 9.32. The Kier molecular flexibility index (Phi) is 7.95. The fourth-order valence-electron chi connectivity index (χ4n) is 1.89. The Morgan fingerprint density at radius 2 is 2.00 bits per heavy atom. The number of amidine groups is 1. The van der Waals surface area contributed by atoms with Crippen LogP contribution in [0.15, 0.2) is 5.16 Å². The molecule has 0 aromatic heterocycles. The summed E-state index contributed by atoms with van der Waals surface area (Å²) in [6.07, 6.45) is 2.60. The van der Waals surface area contributed by atoms with Gasteiger partial charge in [-0.15, -0.1) is 0 Å². The summed E-state index contributed by atoms with van der Waals surface area (Å²) in [6, 6.07) is 0.349. The molecule has 0 rings (SSSR count). The molecule has 0 aliphatic rings. The Morgan fingerprint density at radius 3 is 2.44 bits per heavy atom. The van der Waals surface area contributed by atoms with Crippen LogP contribution in [0.3, 0.4) is 0 Å². The number of nitrogens with zero attached hydrogens (tertiary/aromatic N) is 1. The van der Waals surface area contributed by atoms with Gasteiger partial charge in [-0.05, 0) is 31.7 Å². The maximum atomic E-state index is 8.98. The summed E-state index contributed by atoms with van der Waals surface area (Å²) in [5.74, 6) is 0.785. The molecule has 18 heavy (non-hydrogen) atoms. The third-order valence-electron chi connectivity index (χ3n) is 3.43. The molecule has 1 unspecified atom stereocenters. The minimum atomic E-state index is -0.277. The van der Waals surface area contributed by atoms with E-state index in [1.54, 1.807) is 0 Å². The third kappa shape index (κ3) is 6.21. The first kappa shape index (κ1) is 17.2. The molecule has 0 heterocycles. The molecular weight excluding hydrogens is 230 g/mol. The lowest BCUT2D eigenvalue weighted by Gasteiger charge is -2.25. The zero-order valence-corrected chi connectivity index (χ0v) is 12.1. The predicted octanol–water partition coefficient (Wildman–Crippen LogP) is 1.54. The number of aliphatic hydroxyl groups is 1. The lowest BCUT2D eigenvalue weighted by atomic mass is 9.86. The van der Waals surface area contributed by atoms with Crippen LogP contribution in [-0.4, -0.2) is 35.3 Å². The molecule has 0 bridgehead atoms. The average molecular weight is 259 g/mol. The number of aliphatic hydroxyl groups excluding tert-OH is 1. The van der Waals surface area contributed by atoms with E-state index in [0.717, 1.165) is 25.8 Å². The van der Waals surface area contributed by atoms with Gasteiger partial charge >= 0.3 is 0 Å². The standard InChI is InChI=1S/C13H29N3O2/c1-10(2)11(6-9-17)15-8-5-7-13(3,4)12(14)16-18/h10-11,15,17-18H,5-9H2,1-4H3,(H2,14,16). The molecule has 5 nitrogen and oxygen atoms in total. The second-order valence-electron chi connectivity index (χ2n) is 5.79. The van der Waals surface area contributed by atoms with E-state index < -0.39 is 0 Å². The van der Waals surface area contributed by atoms with Crippen LogP contribution < -0.4 is 11.1 Å². The Balaban J connectivity index is 3.98. The van der Waals surface area contributed by atoms with Crippen molar-refractivity contribution in [3.05, 3.63) is 0 Å². The highest BCUT2D eigenvalue weighted by Crippen LogP contribution is 2.22. The van der Waals surface area contributed by atoms with Gasteiger partial charge in [0.05, 0.1) is 0 Å². The summed E-state index contributed by atoms with van der Waals surface area (Å²) in [7, 11) is 0. The van der Waals surface area contributed by atoms with E-state index in [0.29, 0.717) is 12.0 Å².